The van der Waals surface area contributed by atoms with E-state index in [2.05, 4.69) is 36.7 Å². The molecule has 0 aromatic heterocycles. The zero-order chi connectivity index (χ0) is 14.7. The smallest absolute Gasteiger partial charge is 0.223 e. The fourth-order valence-corrected chi connectivity index (χ4v) is 3.46. The van der Waals surface area contributed by atoms with Crippen molar-refractivity contribution in [3.63, 3.8) is 0 Å². The van der Waals surface area contributed by atoms with Gasteiger partial charge in [0.25, 0.3) is 0 Å². The van der Waals surface area contributed by atoms with Gasteiger partial charge in [-0.2, -0.15) is 0 Å². The van der Waals surface area contributed by atoms with Gasteiger partial charge in [-0.1, -0.05) is 35.4 Å². The minimum Gasteiger partial charge on any atom is -0.378 e. The lowest BCUT2D eigenvalue weighted by atomic mass is 9.87. The highest BCUT2D eigenvalue weighted by molar-refractivity contribution is 9.11. The van der Waals surface area contributed by atoms with E-state index in [4.69, 9.17) is 4.74 Å². The van der Waals surface area contributed by atoms with E-state index < -0.39 is 0 Å². The molecule has 114 valence electrons. The molecular formula is C16H26BrNO2. The molecule has 0 N–H and O–H groups in total. The monoisotopic (exact) mass is 343 g/mol. The summed E-state index contributed by atoms with van der Waals surface area (Å²) in [5, 5.41) is 0. The first-order valence-electron chi connectivity index (χ1n) is 7.71. The molecule has 2 aliphatic rings. The van der Waals surface area contributed by atoms with Crippen LogP contribution in [0.5, 0.6) is 0 Å². The second-order valence-corrected chi connectivity index (χ2v) is 7.46. The second kappa shape index (κ2) is 7.08. The third-order valence-corrected chi connectivity index (χ3v) is 5.46. The van der Waals surface area contributed by atoms with E-state index in [1.807, 2.05) is 4.90 Å². The summed E-state index contributed by atoms with van der Waals surface area (Å²) in [5.74, 6) is 1.35. The summed E-state index contributed by atoms with van der Waals surface area (Å²) in [6.07, 6.45) is 4.07. The molecule has 2 heterocycles. The summed E-state index contributed by atoms with van der Waals surface area (Å²) < 4.78 is 6.97. The zero-order valence-corrected chi connectivity index (χ0v) is 14.4. The number of hydrogen-bond donors (Lipinski definition) is 0. The maximum Gasteiger partial charge on any atom is 0.223 e. The van der Waals surface area contributed by atoms with Crippen LogP contribution in [0.3, 0.4) is 0 Å². The molecule has 0 radical (unpaired) electrons. The minimum absolute atomic E-state index is 0.309. The van der Waals surface area contributed by atoms with Crippen molar-refractivity contribution in [2.75, 3.05) is 19.7 Å². The molecule has 0 bridgehead atoms. The van der Waals surface area contributed by atoms with Crippen LogP contribution in [-0.2, 0) is 9.53 Å². The average molecular weight is 344 g/mol. The third-order valence-electron chi connectivity index (χ3n) is 4.53. The number of rotatable bonds is 3. The molecule has 2 rings (SSSR count). The number of amides is 1. The van der Waals surface area contributed by atoms with E-state index in [0.29, 0.717) is 30.3 Å². The maximum absolute atomic E-state index is 12.4. The molecular weight excluding hydrogens is 318 g/mol. The molecule has 0 aliphatic carbocycles. The van der Waals surface area contributed by atoms with Crippen molar-refractivity contribution in [3.8, 4) is 0 Å². The standard InChI is InChI=1S/C16H26BrNO2/c1-11(2)15-8-13(5-7-20-15)9-16(19)18-6-4-12(3)14(17)10-18/h11,13,15H,4-10H2,1-3H3/t13-,15-/m0/s1. The Bertz CT molecular complexity index is 392. The van der Waals surface area contributed by atoms with E-state index in [0.717, 1.165) is 39.0 Å². The van der Waals surface area contributed by atoms with E-state index >= 15 is 0 Å². The Hall–Kier alpha value is -0.350. The molecule has 1 saturated heterocycles. The number of carbonyl (C=O) groups is 1. The van der Waals surface area contributed by atoms with Gasteiger partial charge in [-0.25, -0.2) is 0 Å². The highest BCUT2D eigenvalue weighted by atomic mass is 79.9. The summed E-state index contributed by atoms with van der Waals surface area (Å²) in [6, 6.07) is 0. The predicted molar refractivity (Wildman–Crippen MR) is 84.7 cm³/mol. The van der Waals surface area contributed by atoms with Crippen LogP contribution in [0.25, 0.3) is 0 Å². The molecule has 1 amide bonds. The lowest BCUT2D eigenvalue weighted by Gasteiger charge is -2.34. The zero-order valence-electron chi connectivity index (χ0n) is 12.8. The van der Waals surface area contributed by atoms with Crippen LogP contribution in [0.15, 0.2) is 10.1 Å². The Kier molecular flexibility index (Phi) is 5.67. The summed E-state index contributed by atoms with van der Waals surface area (Å²) in [4.78, 5) is 14.4. The largest absolute Gasteiger partial charge is 0.378 e. The first kappa shape index (κ1) is 16.0. The SMILES string of the molecule is CC1=C(Br)CN(C(=O)C[C@H]2CCO[C@H](C(C)C)C2)CC1. The number of halogens is 1. The predicted octanol–water partition coefficient (Wildman–Crippen LogP) is 3.73. The summed E-state index contributed by atoms with van der Waals surface area (Å²) in [5.41, 5.74) is 1.37. The van der Waals surface area contributed by atoms with Gasteiger partial charge in [0, 0.05) is 24.1 Å². The Balaban J connectivity index is 1.85. The van der Waals surface area contributed by atoms with Crippen molar-refractivity contribution >= 4 is 21.8 Å². The average Bonchev–Trinajstić information content (AvgIpc) is 2.42. The highest BCUT2D eigenvalue weighted by Crippen LogP contribution is 2.29. The topological polar surface area (TPSA) is 29.5 Å². The van der Waals surface area contributed by atoms with Gasteiger partial charge in [-0.3, -0.25) is 4.79 Å². The molecule has 4 heteroatoms. The second-order valence-electron chi connectivity index (χ2n) is 6.50. The molecule has 0 unspecified atom stereocenters. The van der Waals surface area contributed by atoms with Crippen LogP contribution in [0.1, 0.15) is 46.5 Å². The number of nitrogens with zero attached hydrogens (tertiary/aromatic N) is 1. The van der Waals surface area contributed by atoms with Crippen LogP contribution in [0.2, 0.25) is 0 Å². The lowest BCUT2D eigenvalue weighted by Crippen LogP contribution is -2.38. The highest BCUT2D eigenvalue weighted by Gasteiger charge is 2.28. The van der Waals surface area contributed by atoms with Crippen molar-refractivity contribution in [1.82, 2.24) is 4.90 Å². The van der Waals surface area contributed by atoms with E-state index in [1.165, 1.54) is 10.1 Å². The number of ether oxygens (including phenoxy) is 1. The first-order valence-corrected chi connectivity index (χ1v) is 8.50. The van der Waals surface area contributed by atoms with Crippen molar-refractivity contribution in [3.05, 3.63) is 10.1 Å². The van der Waals surface area contributed by atoms with E-state index in [9.17, 15) is 4.79 Å². The van der Waals surface area contributed by atoms with Gasteiger partial charge in [0.05, 0.1) is 12.6 Å². The summed E-state index contributed by atoms with van der Waals surface area (Å²) in [7, 11) is 0. The normalized spacial score (nSPS) is 28.1. The molecule has 0 saturated carbocycles. The van der Waals surface area contributed by atoms with Gasteiger partial charge < -0.3 is 9.64 Å². The fraction of sp³-hybridized carbons (Fsp3) is 0.812. The van der Waals surface area contributed by atoms with Crippen molar-refractivity contribution in [1.29, 1.82) is 0 Å². The molecule has 0 spiro atoms. The Morgan fingerprint density at radius 3 is 2.90 bits per heavy atom. The van der Waals surface area contributed by atoms with Crippen molar-refractivity contribution in [2.24, 2.45) is 11.8 Å². The van der Waals surface area contributed by atoms with Crippen LogP contribution < -0.4 is 0 Å². The molecule has 2 atom stereocenters. The Morgan fingerprint density at radius 2 is 2.25 bits per heavy atom. The van der Waals surface area contributed by atoms with Gasteiger partial charge in [0.1, 0.15) is 0 Å². The quantitative estimate of drug-likeness (QED) is 0.781. The molecule has 3 nitrogen and oxygen atoms in total. The lowest BCUT2D eigenvalue weighted by molar-refractivity contribution is -0.133. The first-order chi connectivity index (χ1) is 9.47. The Labute approximate surface area is 130 Å². The third kappa shape index (κ3) is 4.08. The summed E-state index contributed by atoms with van der Waals surface area (Å²) >= 11 is 3.58. The molecule has 20 heavy (non-hydrogen) atoms. The maximum atomic E-state index is 12.4. The van der Waals surface area contributed by atoms with Crippen molar-refractivity contribution < 1.29 is 9.53 Å². The number of carbonyl (C=O) groups excluding carboxylic acids is 1. The van der Waals surface area contributed by atoms with Gasteiger partial charge in [0.2, 0.25) is 5.91 Å². The molecule has 0 aromatic carbocycles. The van der Waals surface area contributed by atoms with E-state index in [-0.39, 0.29) is 0 Å². The molecule has 0 aromatic rings. The minimum atomic E-state index is 0.309. The van der Waals surface area contributed by atoms with Gasteiger partial charge in [-0.05, 0) is 38.0 Å². The summed E-state index contributed by atoms with van der Waals surface area (Å²) in [6.45, 7) is 8.97. The van der Waals surface area contributed by atoms with Crippen LogP contribution in [0, 0.1) is 11.8 Å². The van der Waals surface area contributed by atoms with Crippen LogP contribution in [0.4, 0.5) is 0 Å². The van der Waals surface area contributed by atoms with E-state index in [1.54, 1.807) is 0 Å². The van der Waals surface area contributed by atoms with Crippen molar-refractivity contribution in [2.45, 2.75) is 52.6 Å². The Morgan fingerprint density at radius 1 is 1.50 bits per heavy atom. The molecule has 1 fully saturated rings. The van der Waals surface area contributed by atoms with Gasteiger partial charge in [-0.15, -0.1) is 0 Å². The van der Waals surface area contributed by atoms with Gasteiger partial charge in [0.15, 0.2) is 0 Å². The van der Waals surface area contributed by atoms with Crippen LogP contribution >= 0.6 is 15.9 Å². The van der Waals surface area contributed by atoms with Crippen LogP contribution in [-0.4, -0.2) is 36.6 Å². The number of hydrogen-bond acceptors (Lipinski definition) is 2. The molecule has 2 aliphatic heterocycles. The fourth-order valence-electron chi connectivity index (χ4n) is 2.96. The van der Waals surface area contributed by atoms with Gasteiger partial charge >= 0.3 is 0 Å².